The lowest BCUT2D eigenvalue weighted by Gasteiger charge is -2.37. The van der Waals surface area contributed by atoms with Crippen LogP contribution in [0.25, 0.3) is 11.5 Å². The van der Waals surface area contributed by atoms with Gasteiger partial charge in [-0.15, -0.1) is 0 Å². The molecule has 2 aromatic rings. The summed E-state index contributed by atoms with van der Waals surface area (Å²) in [5.41, 5.74) is 1.35. The van der Waals surface area contributed by atoms with Crippen LogP contribution in [0.3, 0.4) is 0 Å². The Labute approximate surface area is 122 Å². The number of rotatable bonds is 4. The number of carbonyl (C=O) groups is 1. The number of amides is 1. The van der Waals surface area contributed by atoms with E-state index in [-0.39, 0.29) is 11.9 Å². The van der Waals surface area contributed by atoms with Crippen molar-refractivity contribution in [1.29, 1.82) is 0 Å². The SMILES string of the molecule is O=C(c1ccnc(-c2ccco2)c1)N(C1CC1)C1COC1. The Morgan fingerprint density at radius 1 is 1.24 bits per heavy atom. The van der Waals surface area contributed by atoms with Gasteiger partial charge in [-0.1, -0.05) is 0 Å². The smallest absolute Gasteiger partial charge is 0.254 e. The van der Waals surface area contributed by atoms with E-state index in [2.05, 4.69) is 4.98 Å². The van der Waals surface area contributed by atoms with E-state index in [1.54, 1.807) is 24.6 Å². The molecule has 1 amide bonds. The third kappa shape index (κ3) is 2.34. The van der Waals surface area contributed by atoms with E-state index in [0.29, 0.717) is 36.3 Å². The van der Waals surface area contributed by atoms with Crippen LogP contribution in [0.1, 0.15) is 23.2 Å². The quantitative estimate of drug-likeness (QED) is 0.864. The maximum absolute atomic E-state index is 12.8. The van der Waals surface area contributed by atoms with Gasteiger partial charge in [0.2, 0.25) is 0 Å². The Hall–Kier alpha value is -2.14. The molecule has 108 valence electrons. The van der Waals surface area contributed by atoms with Gasteiger partial charge < -0.3 is 14.1 Å². The molecule has 3 heterocycles. The first kappa shape index (κ1) is 12.6. The lowest BCUT2D eigenvalue weighted by molar-refractivity contribution is -0.0566. The van der Waals surface area contributed by atoms with Gasteiger partial charge in [0.05, 0.1) is 25.5 Å². The van der Waals surface area contributed by atoms with Crippen molar-refractivity contribution >= 4 is 5.91 Å². The summed E-state index contributed by atoms with van der Waals surface area (Å²) in [5, 5.41) is 0. The summed E-state index contributed by atoms with van der Waals surface area (Å²) in [4.78, 5) is 19.1. The first-order chi connectivity index (χ1) is 10.3. The highest BCUT2D eigenvalue weighted by Crippen LogP contribution is 2.32. The molecular weight excluding hydrogens is 268 g/mol. The molecule has 2 fully saturated rings. The molecule has 1 aliphatic heterocycles. The maximum atomic E-state index is 12.8. The first-order valence-electron chi connectivity index (χ1n) is 7.23. The van der Waals surface area contributed by atoms with Gasteiger partial charge in [-0.25, -0.2) is 0 Å². The molecule has 1 saturated heterocycles. The van der Waals surface area contributed by atoms with Crippen LogP contribution < -0.4 is 0 Å². The molecule has 0 aromatic carbocycles. The number of pyridine rings is 1. The van der Waals surface area contributed by atoms with E-state index in [1.807, 2.05) is 17.0 Å². The summed E-state index contributed by atoms with van der Waals surface area (Å²) >= 11 is 0. The zero-order valence-corrected chi connectivity index (χ0v) is 11.6. The maximum Gasteiger partial charge on any atom is 0.254 e. The Balaban J connectivity index is 1.62. The summed E-state index contributed by atoms with van der Waals surface area (Å²) in [5.74, 6) is 0.746. The largest absolute Gasteiger partial charge is 0.463 e. The second-order valence-corrected chi connectivity index (χ2v) is 5.54. The average Bonchev–Trinajstić information content (AvgIpc) is 3.15. The van der Waals surface area contributed by atoms with Crippen molar-refractivity contribution in [3.8, 4) is 11.5 Å². The minimum atomic E-state index is 0.0704. The lowest BCUT2D eigenvalue weighted by Crippen LogP contribution is -2.52. The number of hydrogen-bond donors (Lipinski definition) is 0. The van der Waals surface area contributed by atoms with Crippen molar-refractivity contribution in [1.82, 2.24) is 9.88 Å². The van der Waals surface area contributed by atoms with Crippen LogP contribution in [0.4, 0.5) is 0 Å². The van der Waals surface area contributed by atoms with Crippen molar-refractivity contribution in [2.24, 2.45) is 0 Å². The van der Waals surface area contributed by atoms with Crippen LogP contribution >= 0.6 is 0 Å². The van der Waals surface area contributed by atoms with Crippen molar-refractivity contribution < 1.29 is 13.9 Å². The van der Waals surface area contributed by atoms with Gasteiger partial charge in [-0.05, 0) is 37.1 Å². The van der Waals surface area contributed by atoms with Gasteiger partial charge in [0.25, 0.3) is 5.91 Å². The van der Waals surface area contributed by atoms with E-state index in [1.165, 1.54) is 0 Å². The second kappa shape index (κ2) is 5.00. The molecule has 0 N–H and O–H groups in total. The fourth-order valence-corrected chi connectivity index (χ4v) is 2.64. The minimum absolute atomic E-state index is 0.0704. The van der Waals surface area contributed by atoms with Crippen LogP contribution in [0.5, 0.6) is 0 Å². The molecule has 0 radical (unpaired) electrons. The van der Waals surface area contributed by atoms with Gasteiger partial charge in [-0.3, -0.25) is 9.78 Å². The minimum Gasteiger partial charge on any atom is -0.463 e. The Kier molecular flexibility index (Phi) is 3.00. The molecule has 21 heavy (non-hydrogen) atoms. The highest BCUT2D eigenvalue weighted by molar-refractivity contribution is 5.95. The molecule has 0 atom stereocenters. The number of hydrogen-bond acceptors (Lipinski definition) is 4. The van der Waals surface area contributed by atoms with Crippen LogP contribution in [0.2, 0.25) is 0 Å². The average molecular weight is 284 g/mol. The van der Waals surface area contributed by atoms with E-state index < -0.39 is 0 Å². The monoisotopic (exact) mass is 284 g/mol. The van der Waals surface area contributed by atoms with E-state index in [4.69, 9.17) is 9.15 Å². The standard InChI is InChI=1S/C16H16N2O3/c19-16(18(12-3-4-12)13-9-20-10-13)11-5-6-17-14(8-11)15-2-1-7-21-15/h1-2,5-8,12-13H,3-4,9-10H2. The Morgan fingerprint density at radius 2 is 2.10 bits per heavy atom. The van der Waals surface area contributed by atoms with Crippen LogP contribution in [0, 0.1) is 0 Å². The molecule has 2 aromatic heterocycles. The first-order valence-corrected chi connectivity index (χ1v) is 7.23. The van der Waals surface area contributed by atoms with E-state index in [0.717, 1.165) is 12.8 Å². The number of ether oxygens (including phenoxy) is 1. The van der Waals surface area contributed by atoms with Gasteiger partial charge in [0.15, 0.2) is 5.76 Å². The lowest BCUT2D eigenvalue weighted by atomic mass is 10.1. The molecular formula is C16H16N2O3. The third-order valence-corrected chi connectivity index (χ3v) is 3.97. The topological polar surface area (TPSA) is 55.6 Å². The molecule has 4 rings (SSSR count). The predicted octanol–water partition coefficient (Wildman–Crippen LogP) is 2.34. The van der Waals surface area contributed by atoms with Gasteiger partial charge in [0.1, 0.15) is 5.69 Å². The zero-order chi connectivity index (χ0) is 14.2. The molecule has 2 aliphatic rings. The molecule has 5 nitrogen and oxygen atoms in total. The van der Waals surface area contributed by atoms with Gasteiger partial charge in [-0.2, -0.15) is 0 Å². The third-order valence-electron chi connectivity index (χ3n) is 3.97. The molecule has 0 spiro atoms. The predicted molar refractivity (Wildman–Crippen MR) is 75.7 cm³/mol. The van der Waals surface area contributed by atoms with Crippen molar-refractivity contribution in [2.75, 3.05) is 13.2 Å². The van der Waals surface area contributed by atoms with Gasteiger partial charge >= 0.3 is 0 Å². The fourth-order valence-electron chi connectivity index (χ4n) is 2.64. The molecule has 0 unspecified atom stereocenters. The zero-order valence-electron chi connectivity index (χ0n) is 11.6. The summed E-state index contributed by atoms with van der Waals surface area (Å²) in [6, 6.07) is 7.83. The second-order valence-electron chi connectivity index (χ2n) is 5.54. The van der Waals surface area contributed by atoms with Crippen LogP contribution in [0.15, 0.2) is 41.1 Å². The van der Waals surface area contributed by atoms with Crippen LogP contribution in [-0.2, 0) is 4.74 Å². The summed E-state index contributed by atoms with van der Waals surface area (Å²) in [7, 11) is 0. The highest BCUT2D eigenvalue weighted by atomic mass is 16.5. The molecule has 5 heteroatoms. The highest BCUT2D eigenvalue weighted by Gasteiger charge is 2.40. The van der Waals surface area contributed by atoms with E-state index in [9.17, 15) is 4.79 Å². The Bertz CT molecular complexity index is 645. The van der Waals surface area contributed by atoms with E-state index >= 15 is 0 Å². The fraction of sp³-hybridized carbons (Fsp3) is 0.375. The van der Waals surface area contributed by atoms with Crippen molar-refractivity contribution in [2.45, 2.75) is 24.9 Å². The number of carbonyl (C=O) groups excluding carboxylic acids is 1. The molecule has 1 aliphatic carbocycles. The summed E-state index contributed by atoms with van der Waals surface area (Å²) < 4.78 is 10.6. The number of aromatic nitrogens is 1. The van der Waals surface area contributed by atoms with Crippen LogP contribution in [-0.4, -0.2) is 41.1 Å². The van der Waals surface area contributed by atoms with Crippen molar-refractivity contribution in [3.05, 3.63) is 42.3 Å². The van der Waals surface area contributed by atoms with Crippen molar-refractivity contribution in [3.63, 3.8) is 0 Å². The molecule has 1 saturated carbocycles. The van der Waals surface area contributed by atoms with Gasteiger partial charge in [0, 0.05) is 17.8 Å². The summed E-state index contributed by atoms with van der Waals surface area (Å²) in [6.45, 7) is 1.30. The molecule has 0 bridgehead atoms. The number of furan rings is 1. The summed E-state index contributed by atoms with van der Waals surface area (Å²) in [6.07, 6.45) is 5.46. The number of nitrogens with zero attached hydrogens (tertiary/aromatic N) is 2. The normalized spacial score (nSPS) is 18.3. The Morgan fingerprint density at radius 3 is 2.71 bits per heavy atom.